The number of aromatic carboxylic acids is 1. The third-order valence-electron chi connectivity index (χ3n) is 2.96. The normalized spacial score (nSPS) is 10.2. The van der Waals surface area contributed by atoms with E-state index in [1.165, 1.54) is 18.2 Å². The van der Waals surface area contributed by atoms with Crippen LogP contribution in [0.2, 0.25) is 0 Å². The average molecular weight is 288 g/mol. The van der Waals surface area contributed by atoms with Crippen molar-refractivity contribution < 1.29 is 19.1 Å². The second kappa shape index (κ2) is 5.62. The zero-order valence-corrected chi connectivity index (χ0v) is 11.2. The first-order valence-corrected chi connectivity index (χ1v) is 6.09. The highest BCUT2D eigenvalue weighted by Crippen LogP contribution is 2.18. The molecule has 0 saturated carbocycles. The van der Waals surface area contributed by atoms with E-state index in [0.29, 0.717) is 5.56 Å². The van der Waals surface area contributed by atoms with Crippen molar-refractivity contribution in [2.24, 2.45) is 0 Å². The molecular weight excluding hydrogens is 275 g/mol. The van der Waals surface area contributed by atoms with E-state index < -0.39 is 17.7 Å². The molecule has 0 radical (unpaired) electrons. The fraction of sp³-hybridized carbons (Fsp3) is 0.0667. The zero-order valence-electron chi connectivity index (χ0n) is 11.2. The molecule has 0 aliphatic carbocycles. The average Bonchev–Trinajstić information content (AvgIpc) is 2.40. The smallest absolute Gasteiger partial charge is 0.336 e. The van der Waals surface area contributed by atoms with Crippen LogP contribution in [-0.4, -0.2) is 17.0 Å². The largest absolute Gasteiger partial charge is 0.478 e. The Kier molecular flexibility index (Phi) is 3.89. The molecule has 21 heavy (non-hydrogen) atoms. The minimum Gasteiger partial charge on any atom is -0.478 e. The second-order valence-electron chi connectivity index (χ2n) is 4.53. The molecule has 0 heterocycles. The Morgan fingerprint density at radius 2 is 1.86 bits per heavy atom. The van der Waals surface area contributed by atoms with Crippen molar-refractivity contribution in [3.63, 3.8) is 0 Å². The lowest BCUT2D eigenvalue weighted by molar-refractivity contribution is 0.0695. The van der Waals surface area contributed by atoms with Gasteiger partial charge in [0.2, 0.25) is 0 Å². The molecule has 5 nitrogen and oxygen atoms in total. The molecule has 0 aliphatic rings. The zero-order chi connectivity index (χ0) is 15.6. The Bertz CT molecular complexity index is 729. The van der Waals surface area contributed by atoms with E-state index in [9.17, 15) is 14.0 Å². The van der Waals surface area contributed by atoms with Gasteiger partial charge in [-0.3, -0.25) is 4.79 Å². The number of carboxylic acid groups (broad SMARTS) is 1. The minimum atomic E-state index is -1.10. The number of anilines is 2. The van der Waals surface area contributed by atoms with E-state index >= 15 is 0 Å². The number of amides is 1. The first-order chi connectivity index (χ1) is 9.88. The van der Waals surface area contributed by atoms with Gasteiger partial charge in [-0.2, -0.15) is 0 Å². The summed E-state index contributed by atoms with van der Waals surface area (Å²) in [6.45, 7) is 1.65. The molecule has 0 atom stereocenters. The first-order valence-electron chi connectivity index (χ1n) is 6.09. The van der Waals surface area contributed by atoms with E-state index in [1.54, 1.807) is 19.1 Å². The molecular formula is C15H13FN2O3. The predicted octanol–water partition coefficient (Wildman–Crippen LogP) is 2.67. The number of nitrogen functional groups attached to an aromatic ring is 1. The molecule has 2 aromatic rings. The molecule has 1 amide bonds. The SMILES string of the molecule is Cc1ccc(NC(=O)c2ccc(N)cc2F)cc1C(=O)O. The van der Waals surface area contributed by atoms with Crippen LogP contribution in [0.15, 0.2) is 36.4 Å². The molecule has 4 N–H and O–H groups in total. The molecule has 0 bridgehead atoms. The number of halogens is 1. The molecule has 0 saturated heterocycles. The van der Waals surface area contributed by atoms with Gasteiger partial charge in [0.05, 0.1) is 11.1 Å². The first kappa shape index (κ1) is 14.5. The van der Waals surface area contributed by atoms with Gasteiger partial charge in [0.1, 0.15) is 5.82 Å². The van der Waals surface area contributed by atoms with E-state index in [0.717, 1.165) is 6.07 Å². The van der Waals surface area contributed by atoms with Gasteiger partial charge in [0, 0.05) is 11.4 Å². The number of benzene rings is 2. The van der Waals surface area contributed by atoms with Gasteiger partial charge in [-0.15, -0.1) is 0 Å². The molecule has 6 heteroatoms. The Morgan fingerprint density at radius 3 is 2.48 bits per heavy atom. The van der Waals surface area contributed by atoms with Crippen LogP contribution in [0.1, 0.15) is 26.3 Å². The van der Waals surface area contributed by atoms with E-state index in [-0.39, 0.29) is 22.5 Å². The number of carbonyl (C=O) groups is 2. The lowest BCUT2D eigenvalue weighted by atomic mass is 10.1. The quantitative estimate of drug-likeness (QED) is 0.757. The summed E-state index contributed by atoms with van der Waals surface area (Å²) in [6, 6.07) is 8.17. The summed E-state index contributed by atoms with van der Waals surface area (Å²) in [4.78, 5) is 23.0. The van der Waals surface area contributed by atoms with Crippen LogP contribution >= 0.6 is 0 Å². The van der Waals surface area contributed by atoms with Crippen LogP contribution in [0.4, 0.5) is 15.8 Å². The summed E-state index contributed by atoms with van der Waals surface area (Å²) >= 11 is 0. The summed E-state index contributed by atoms with van der Waals surface area (Å²) in [6.07, 6.45) is 0. The number of aryl methyl sites for hydroxylation is 1. The van der Waals surface area contributed by atoms with Crippen LogP contribution in [0.5, 0.6) is 0 Å². The Hall–Kier alpha value is -2.89. The van der Waals surface area contributed by atoms with Gasteiger partial charge in [-0.1, -0.05) is 6.07 Å². The fourth-order valence-electron chi connectivity index (χ4n) is 1.84. The Balaban J connectivity index is 2.27. The Labute approximate surface area is 120 Å². The van der Waals surface area contributed by atoms with Crippen molar-refractivity contribution >= 4 is 23.3 Å². The van der Waals surface area contributed by atoms with Crippen molar-refractivity contribution in [1.82, 2.24) is 0 Å². The molecule has 0 fully saturated rings. The lowest BCUT2D eigenvalue weighted by Gasteiger charge is -2.09. The molecule has 2 rings (SSSR count). The highest BCUT2D eigenvalue weighted by Gasteiger charge is 2.14. The maximum absolute atomic E-state index is 13.6. The maximum atomic E-state index is 13.6. The number of hydrogen-bond donors (Lipinski definition) is 3. The summed E-state index contributed by atoms with van der Waals surface area (Å²) in [5.41, 5.74) is 6.38. The standard InChI is InChI=1S/C15H13FN2O3/c1-8-2-4-10(7-12(8)15(20)21)18-14(19)11-5-3-9(17)6-13(11)16/h2-7H,17H2,1H3,(H,18,19)(H,20,21). The van der Waals surface area contributed by atoms with Crippen molar-refractivity contribution in [2.45, 2.75) is 6.92 Å². The molecule has 0 aliphatic heterocycles. The van der Waals surface area contributed by atoms with Gasteiger partial charge in [0.25, 0.3) is 5.91 Å². The number of nitrogens with one attached hydrogen (secondary N) is 1. The van der Waals surface area contributed by atoms with Crippen LogP contribution in [-0.2, 0) is 0 Å². The van der Waals surface area contributed by atoms with Gasteiger partial charge >= 0.3 is 5.97 Å². The van der Waals surface area contributed by atoms with Crippen molar-refractivity contribution in [3.8, 4) is 0 Å². The molecule has 0 aromatic heterocycles. The maximum Gasteiger partial charge on any atom is 0.336 e. The summed E-state index contributed by atoms with van der Waals surface area (Å²) in [5.74, 6) is -2.51. The number of carboxylic acids is 1. The summed E-state index contributed by atoms with van der Waals surface area (Å²) in [5, 5.41) is 11.5. The van der Waals surface area contributed by atoms with Gasteiger partial charge < -0.3 is 16.2 Å². The molecule has 0 unspecified atom stereocenters. The summed E-state index contributed by atoms with van der Waals surface area (Å²) in [7, 11) is 0. The van der Waals surface area contributed by atoms with Crippen LogP contribution < -0.4 is 11.1 Å². The lowest BCUT2D eigenvalue weighted by Crippen LogP contribution is -2.14. The van der Waals surface area contributed by atoms with E-state index in [1.807, 2.05) is 0 Å². The van der Waals surface area contributed by atoms with Gasteiger partial charge in [0.15, 0.2) is 0 Å². The van der Waals surface area contributed by atoms with E-state index in [4.69, 9.17) is 10.8 Å². The van der Waals surface area contributed by atoms with Crippen LogP contribution in [0, 0.1) is 12.7 Å². The van der Waals surface area contributed by atoms with Gasteiger partial charge in [-0.05, 0) is 42.8 Å². The number of nitrogens with two attached hydrogens (primary N) is 1. The number of carbonyl (C=O) groups excluding carboxylic acids is 1. The Morgan fingerprint density at radius 1 is 1.14 bits per heavy atom. The summed E-state index contributed by atoms with van der Waals surface area (Å²) < 4.78 is 13.6. The molecule has 2 aromatic carbocycles. The second-order valence-corrected chi connectivity index (χ2v) is 4.53. The van der Waals surface area contributed by atoms with Crippen LogP contribution in [0.3, 0.4) is 0 Å². The monoisotopic (exact) mass is 288 g/mol. The third kappa shape index (κ3) is 3.17. The predicted molar refractivity (Wildman–Crippen MR) is 76.9 cm³/mol. The topological polar surface area (TPSA) is 92.4 Å². The van der Waals surface area contributed by atoms with Crippen molar-refractivity contribution in [2.75, 3.05) is 11.1 Å². The molecule has 108 valence electrons. The molecule has 0 spiro atoms. The minimum absolute atomic E-state index is 0.0746. The van der Waals surface area contributed by atoms with E-state index in [2.05, 4.69) is 5.32 Å². The van der Waals surface area contributed by atoms with Gasteiger partial charge in [-0.25, -0.2) is 9.18 Å². The number of hydrogen-bond acceptors (Lipinski definition) is 3. The van der Waals surface area contributed by atoms with Crippen LogP contribution in [0.25, 0.3) is 0 Å². The third-order valence-corrected chi connectivity index (χ3v) is 2.96. The van der Waals surface area contributed by atoms with Crippen molar-refractivity contribution in [1.29, 1.82) is 0 Å². The highest BCUT2D eigenvalue weighted by atomic mass is 19.1. The highest BCUT2D eigenvalue weighted by molar-refractivity contribution is 6.05. The van der Waals surface area contributed by atoms with Crippen molar-refractivity contribution in [3.05, 3.63) is 58.9 Å². The fourth-order valence-corrected chi connectivity index (χ4v) is 1.84. The number of rotatable bonds is 3.